The summed E-state index contributed by atoms with van der Waals surface area (Å²) in [5, 5.41) is 0. The fraction of sp³-hybridized carbons (Fsp3) is 1.00. The molecule has 0 heterocycles. The minimum absolute atomic E-state index is 0.366. The molecule has 0 bridgehead atoms. The van der Waals surface area contributed by atoms with Crippen molar-refractivity contribution >= 4 is 0 Å². The highest BCUT2D eigenvalue weighted by Gasteiger charge is 2.14. The fourth-order valence-electron chi connectivity index (χ4n) is 1.08. The van der Waals surface area contributed by atoms with E-state index in [1.165, 1.54) is 32.1 Å². The summed E-state index contributed by atoms with van der Waals surface area (Å²) in [6, 6.07) is 0. The van der Waals surface area contributed by atoms with Gasteiger partial charge in [-0.1, -0.05) is 47.0 Å². The SMILES string of the molecule is CCCCCCOCC(C)(C)CC. The number of ether oxygens (including phenoxy) is 1. The van der Waals surface area contributed by atoms with E-state index in [1.807, 2.05) is 0 Å². The van der Waals surface area contributed by atoms with Gasteiger partial charge in [-0.15, -0.1) is 0 Å². The van der Waals surface area contributed by atoms with Gasteiger partial charge in [-0.25, -0.2) is 0 Å². The quantitative estimate of drug-likeness (QED) is 0.520. The smallest absolute Gasteiger partial charge is 0.0517 e. The Morgan fingerprint density at radius 2 is 1.69 bits per heavy atom. The first-order chi connectivity index (χ1) is 6.12. The van der Waals surface area contributed by atoms with E-state index in [0.717, 1.165) is 13.2 Å². The van der Waals surface area contributed by atoms with E-state index in [9.17, 15) is 0 Å². The van der Waals surface area contributed by atoms with Crippen molar-refractivity contribution in [2.24, 2.45) is 5.41 Å². The van der Waals surface area contributed by atoms with Crippen molar-refractivity contribution in [2.45, 2.75) is 59.8 Å². The van der Waals surface area contributed by atoms with Crippen molar-refractivity contribution in [3.05, 3.63) is 0 Å². The third-order valence-corrected chi connectivity index (χ3v) is 2.59. The first kappa shape index (κ1) is 13.0. The molecule has 0 atom stereocenters. The summed E-state index contributed by atoms with van der Waals surface area (Å²) in [7, 11) is 0. The van der Waals surface area contributed by atoms with E-state index in [-0.39, 0.29) is 0 Å². The molecule has 1 nitrogen and oxygen atoms in total. The molecule has 0 aliphatic carbocycles. The predicted molar refractivity (Wildman–Crippen MR) is 59.0 cm³/mol. The van der Waals surface area contributed by atoms with Crippen molar-refractivity contribution in [2.75, 3.05) is 13.2 Å². The van der Waals surface area contributed by atoms with Crippen LogP contribution < -0.4 is 0 Å². The van der Waals surface area contributed by atoms with Crippen LogP contribution in [-0.4, -0.2) is 13.2 Å². The number of hydrogen-bond acceptors (Lipinski definition) is 1. The molecular weight excluding hydrogens is 160 g/mol. The molecular formula is C12H26O. The largest absolute Gasteiger partial charge is 0.381 e. The van der Waals surface area contributed by atoms with Crippen molar-refractivity contribution in [1.82, 2.24) is 0 Å². The van der Waals surface area contributed by atoms with E-state index in [0.29, 0.717) is 5.41 Å². The van der Waals surface area contributed by atoms with E-state index in [2.05, 4.69) is 27.7 Å². The molecule has 0 aliphatic heterocycles. The predicted octanol–water partition coefficient (Wildman–Crippen LogP) is 4.02. The Kier molecular flexibility index (Phi) is 7.35. The van der Waals surface area contributed by atoms with Gasteiger partial charge in [-0.05, 0) is 18.3 Å². The molecule has 0 spiro atoms. The van der Waals surface area contributed by atoms with E-state index in [4.69, 9.17) is 4.74 Å². The Hall–Kier alpha value is -0.0400. The molecule has 13 heavy (non-hydrogen) atoms. The van der Waals surface area contributed by atoms with Crippen LogP contribution in [0.15, 0.2) is 0 Å². The summed E-state index contributed by atoms with van der Waals surface area (Å²) < 4.78 is 5.64. The second kappa shape index (κ2) is 7.37. The summed E-state index contributed by atoms with van der Waals surface area (Å²) in [4.78, 5) is 0. The summed E-state index contributed by atoms with van der Waals surface area (Å²) in [6.45, 7) is 10.8. The summed E-state index contributed by atoms with van der Waals surface area (Å²) in [6.07, 6.45) is 6.40. The van der Waals surface area contributed by atoms with Crippen LogP contribution in [0.5, 0.6) is 0 Å². The molecule has 80 valence electrons. The molecule has 0 aromatic heterocycles. The van der Waals surface area contributed by atoms with Gasteiger partial charge < -0.3 is 4.74 Å². The van der Waals surface area contributed by atoms with Crippen LogP contribution >= 0.6 is 0 Å². The topological polar surface area (TPSA) is 9.23 Å². The zero-order valence-electron chi connectivity index (χ0n) is 9.86. The van der Waals surface area contributed by atoms with Gasteiger partial charge >= 0.3 is 0 Å². The number of hydrogen-bond donors (Lipinski definition) is 0. The molecule has 0 saturated carbocycles. The Morgan fingerprint density at radius 1 is 1.00 bits per heavy atom. The molecule has 0 N–H and O–H groups in total. The second-order valence-corrected chi connectivity index (χ2v) is 4.63. The second-order valence-electron chi connectivity index (χ2n) is 4.63. The Balaban J connectivity index is 3.16. The summed E-state index contributed by atoms with van der Waals surface area (Å²) in [5.74, 6) is 0. The highest BCUT2D eigenvalue weighted by atomic mass is 16.5. The van der Waals surface area contributed by atoms with Crippen LogP contribution in [0, 0.1) is 5.41 Å². The van der Waals surface area contributed by atoms with Gasteiger partial charge in [0.25, 0.3) is 0 Å². The van der Waals surface area contributed by atoms with Gasteiger partial charge in [0.05, 0.1) is 6.61 Å². The summed E-state index contributed by atoms with van der Waals surface area (Å²) in [5.41, 5.74) is 0.366. The minimum atomic E-state index is 0.366. The first-order valence-electron chi connectivity index (χ1n) is 5.70. The summed E-state index contributed by atoms with van der Waals surface area (Å²) >= 11 is 0. The van der Waals surface area contributed by atoms with E-state index >= 15 is 0 Å². The van der Waals surface area contributed by atoms with Crippen molar-refractivity contribution in [3.63, 3.8) is 0 Å². The van der Waals surface area contributed by atoms with E-state index in [1.54, 1.807) is 0 Å². The Bertz CT molecular complexity index is 108. The van der Waals surface area contributed by atoms with Crippen molar-refractivity contribution in [3.8, 4) is 0 Å². The van der Waals surface area contributed by atoms with Gasteiger partial charge in [0.2, 0.25) is 0 Å². The lowest BCUT2D eigenvalue weighted by molar-refractivity contribution is 0.0580. The molecule has 0 unspecified atom stereocenters. The van der Waals surface area contributed by atoms with Gasteiger partial charge in [-0.2, -0.15) is 0 Å². The minimum Gasteiger partial charge on any atom is -0.381 e. The first-order valence-corrected chi connectivity index (χ1v) is 5.70. The molecule has 0 rings (SSSR count). The van der Waals surface area contributed by atoms with Crippen molar-refractivity contribution in [1.29, 1.82) is 0 Å². The lowest BCUT2D eigenvalue weighted by atomic mass is 9.92. The molecule has 0 saturated heterocycles. The molecule has 0 fully saturated rings. The number of unbranched alkanes of at least 4 members (excludes halogenated alkanes) is 3. The molecule has 0 radical (unpaired) electrons. The maximum absolute atomic E-state index is 5.64. The van der Waals surface area contributed by atoms with Gasteiger partial charge in [-0.3, -0.25) is 0 Å². The molecule has 0 amide bonds. The lowest BCUT2D eigenvalue weighted by Gasteiger charge is -2.22. The third-order valence-electron chi connectivity index (χ3n) is 2.59. The van der Waals surface area contributed by atoms with Gasteiger partial charge in [0.15, 0.2) is 0 Å². The molecule has 0 aliphatic rings. The zero-order chi connectivity index (χ0) is 10.2. The maximum atomic E-state index is 5.64. The third kappa shape index (κ3) is 8.29. The van der Waals surface area contributed by atoms with E-state index < -0.39 is 0 Å². The van der Waals surface area contributed by atoms with Crippen LogP contribution in [0.2, 0.25) is 0 Å². The maximum Gasteiger partial charge on any atom is 0.0517 e. The van der Waals surface area contributed by atoms with Crippen LogP contribution in [0.1, 0.15) is 59.8 Å². The average Bonchev–Trinajstić information content (AvgIpc) is 2.11. The molecule has 0 aromatic rings. The normalized spacial score (nSPS) is 12.0. The van der Waals surface area contributed by atoms with Crippen LogP contribution in [0.3, 0.4) is 0 Å². The van der Waals surface area contributed by atoms with Crippen molar-refractivity contribution < 1.29 is 4.74 Å². The van der Waals surface area contributed by atoms with Gasteiger partial charge in [0, 0.05) is 6.61 Å². The van der Waals surface area contributed by atoms with Gasteiger partial charge in [0.1, 0.15) is 0 Å². The molecule has 0 aromatic carbocycles. The van der Waals surface area contributed by atoms with Crippen LogP contribution in [0.25, 0.3) is 0 Å². The Morgan fingerprint density at radius 3 is 2.23 bits per heavy atom. The fourth-order valence-corrected chi connectivity index (χ4v) is 1.08. The standard InChI is InChI=1S/C12H26O/c1-5-7-8-9-10-13-11-12(3,4)6-2/h5-11H2,1-4H3. The number of rotatable bonds is 8. The average molecular weight is 186 g/mol. The van der Waals surface area contributed by atoms with Crippen LogP contribution in [-0.2, 0) is 4.74 Å². The highest BCUT2D eigenvalue weighted by molar-refractivity contribution is 4.64. The lowest BCUT2D eigenvalue weighted by Crippen LogP contribution is -2.18. The molecule has 1 heteroatoms. The zero-order valence-corrected chi connectivity index (χ0v) is 9.86. The Labute approximate surface area is 83.9 Å². The monoisotopic (exact) mass is 186 g/mol. The van der Waals surface area contributed by atoms with Crippen LogP contribution in [0.4, 0.5) is 0 Å². The highest BCUT2D eigenvalue weighted by Crippen LogP contribution is 2.19.